The summed E-state index contributed by atoms with van der Waals surface area (Å²) in [4.78, 5) is 12.2. The van der Waals surface area contributed by atoms with Crippen molar-refractivity contribution in [3.8, 4) is 0 Å². The van der Waals surface area contributed by atoms with Gasteiger partial charge in [0, 0.05) is 31.3 Å². The Morgan fingerprint density at radius 1 is 1.58 bits per heavy atom. The van der Waals surface area contributed by atoms with Crippen LogP contribution >= 0.6 is 0 Å². The highest BCUT2D eigenvalue weighted by Gasteiger charge is 2.57. The zero-order valence-corrected chi connectivity index (χ0v) is 11.7. The van der Waals surface area contributed by atoms with Crippen molar-refractivity contribution in [1.82, 2.24) is 20.4 Å². The first-order valence-corrected chi connectivity index (χ1v) is 7.08. The number of aromatic nitrogens is 2. The summed E-state index contributed by atoms with van der Waals surface area (Å²) in [5.41, 5.74) is 2.42. The zero-order valence-electron chi connectivity index (χ0n) is 11.7. The molecule has 5 nitrogen and oxygen atoms in total. The molecule has 2 heterocycles. The van der Waals surface area contributed by atoms with E-state index in [0.717, 1.165) is 43.6 Å². The third kappa shape index (κ3) is 2.39. The van der Waals surface area contributed by atoms with Crippen LogP contribution in [0.15, 0.2) is 6.20 Å². The SMILES string of the molecule is Cc1nn(C)cc1CNC(=O)C1CC12CCNCC2. The summed E-state index contributed by atoms with van der Waals surface area (Å²) in [5.74, 6) is 0.469. The normalized spacial score (nSPS) is 24.4. The molecule has 0 radical (unpaired) electrons. The molecule has 1 aliphatic carbocycles. The average Bonchev–Trinajstić information content (AvgIpc) is 2.97. The van der Waals surface area contributed by atoms with Gasteiger partial charge in [-0.05, 0) is 44.7 Å². The Balaban J connectivity index is 1.54. The molecule has 5 heteroatoms. The first-order chi connectivity index (χ1) is 9.11. The van der Waals surface area contributed by atoms with Gasteiger partial charge >= 0.3 is 0 Å². The van der Waals surface area contributed by atoms with Crippen LogP contribution in [-0.4, -0.2) is 28.8 Å². The van der Waals surface area contributed by atoms with E-state index in [-0.39, 0.29) is 11.8 Å². The second kappa shape index (κ2) is 4.63. The standard InChI is InChI=1S/C14H22N4O/c1-10-11(9-18(2)17-10)8-16-13(19)12-7-14(12)3-5-15-6-4-14/h9,12,15H,3-8H2,1-2H3,(H,16,19). The van der Waals surface area contributed by atoms with Crippen LogP contribution in [-0.2, 0) is 18.4 Å². The van der Waals surface area contributed by atoms with Crippen LogP contribution in [0.3, 0.4) is 0 Å². The third-order valence-corrected chi connectivity index (χ3v) is 4.67. The molecule has 2 N–H and O–H groups in total. The molecule has 3 rings (SSSR count). The van der Waals surface area contributed by atoms with Gasteiger partial charge in [0.05, 0.1) is 5.69 Å². The molecule has 0 aromatic carbocycles. The van der Waals surface area contributed by atoms with Crippen molar-refractivity contribution in [2.24, 2.45) is 18.4 Å². The van der Waals surface area contributed by atoms with Crippen molar-refractivity contribution < 1.29 is 4.79 Å². The van der Waals surface area contributed by atoms with Gasteiger partial charge in [0.15, 0.2) is 0 Å². The molecule has 104 valence electrons. The van der Waals surface area contributed by atoms with E-state index in [1.807, 2.05) is 20.2 Å². The van der Waals surface area contributed by atoms with Crippen LogP contribution in [0.1, 0.15) is 30.5 Å². The minimum absolute atomic E-state index is 0.227. The van der Waals surface area contributed by atoms with Gasteiger partial charge in [-0.2, -0.15) is 5.10 Å². The minimum Gasteiger partial charge on any atom is -0.352 e. The molecular weight excluding hydrogens is 240 g/mol. The van der Waals surface area contributed by atoms with Gasteiger partial charge in [0.25, 0.3) is 0 Å². The lowest BCUT2D eigenvalue weighted by Gasteiger charge is -2.23. The predicted octanol–water partition coefficient (Wildman–Crippen LogP) is 0.734. The second-order valence-corrected chi connectivity index (χ2v) is 6.00. The lowest BCUT2D eigenvalue weighted by atomic mass is 9.92. The number of hydrogen-bond acceptors (Lipinski definition) is 3. The van der Waals surface area contributed by atoms with Crippen LogP contribution in [0.2, 0.25) is 0 Å². The van der Waals surface area contributed by atoms with Gasteiger partial charge in [0.2, 0.25) is 5.91 Å². The van der Waals surface area contributed by atoms with Gasteiger partial charge in [-0.25, -0.2) is 0 Å². The molecule has 1 aromatic rings. The molecule has 1 saturated carbocycles. The maximum atomic E-state index is 12.2. The molecule has 0 bridgehead atoms. The van der Waals surface area contributed by atoms with Gasteiger partial charge in [-0.15, -0.1) is 0 Å². The molecule has 1 aliphatic heterocycles. The Morgan fingerprint density at radius 2 is 2.32 bits per heavy atom. The lowest BCUT2D eigenvalue weighted by molar-refractivity contribution is -0.123. The van der Waals surface area contributed by atoms with E-state index in [4.69, 9.17) is 0 Å². The third-order valence-electron chi connectivity index (χ3n) is 4.67. The van der Waals surface area contributed by atoms with Crippen molar-refractivity contribution >= 4 is 5.91 Å². The lowest BCUT2D eigenvalue weighted by Crippen LogP contribution is -2.33. The Bertz CT molecular complexity index is 488. The molecule has 1 amide bonds. The van der Waals surface area contributed by atoms with E-state index < -0.39 is 0 Å². The Morgan fingerprint density at radius 3 is 2.95 bits per heavy atom. The van der Waals surface area contributed by atoms with Crippen LogP contribution < -0.4 is 10.6 Å². The summed E-state index contributed by atoms with van der Waals surface area (Å²) < 4.78 is 1.79. The van der Waals surface area contributed by atoms with Crippen molar-refractivity contribution in [3.05, 3.63) is 17.5 Å². The minimum atomic E-state index is 0.227. The zero-order chi connectivity index (χ0) is 13.5. The molecule has 1 atom stereocenters. The number of amides is 1. The molecule has 2 fully saturated rings. The Labute approximate surface area is 113 Å². The number of rotatable bonds is 3. The highest BCUT2D eigenvalue weighted by atomic mass is 16.2. The number of piperidine rings is 1. The number of carbonyl (C=O) groups excluding carboxylic acids is 1. The highest BCUT2D eigenvalue weighted by Crippen LogP contribution is 2.58. The van der Waals surface area contributed by atoms with E-state index in [1.165, 1.54) is 0 Å². The van der Waals surface area contributed by atoms with Gasteiger partial charge < -0.3 is 10.6 Å². The molecule has 1 unspecified atom stereocenters. The fourth-order valence-corrected chi connectivity index (χ4v) is 3.32. The summed E-state index contributed by atoms with van der Waals surface area (Å²) in [5, 5.41) is 10.7. The summed E-state index contributed by atoms with van der Waals surface area (Å²) in [7, 11) is 1.91. The number of aryl methyl sites for hydroxylation is 2. The first kappa shape index (κ1) is 12.7. The molecule has 19 heavy (non-hydrogen) atoms. The van der Waals surface area contributed by atoms with E-state index in [9.17, 15) is 4.79 Å². The summed E-state index contributed by atoms with van der Waals surface area (Å²) in [6, 6.07) is 0. The van der Waals surface area contributed by atoms with Gasteiger partial charge in [0.1, 0.15) is 0 Å². The first-order valence-electron chi connectivity index (χ1n) is 7.08. The highest BCUT2D eigenvalue weighted by molar-refractivity contribution is 5.82. The van der Waals surface area contributed by atoms with Crippen molar-refractivity contribution in [2.45, 2.75) is 32.7 Å². The Hall–Kier alpha value is -1.36. The smallest absolute Gasteiger partial charge is 0.223 e. The average molecular weight is 262 g/mol. The Kier molecular flexibility index (Phi) is 3.09. The van der Waals surface area contributed by atoms with Crippen molar-refractivity contribution in [2.75, 3.05) is 13.1 Å². The van der Waals surface area contributed by atoms with Crippen molar-refractivity contribution in [3.63, 3.8) is 0 Å². The summed E-state index contributed by atoms with van der Waals surface area (Å²) >= 11 is 0. The number of nitrogens with one attached hydrogen (secondary N) is 2. The second-order valence-electron chi connectivity index (χ2n) is 6.00. The van der Waals surface area contributed by atoms with E-state index in [0.29, 0.717) is 12.0 Å². The molecular formula is C14H22N4O. The largest absolute Gasteiger partial charge is 0.352 e. The molecule has 1 spiro atoms. The van der Waals surface area contributed by atoms with Crippen LogP contribution in [0, 0.1) is 18.3 Å². The molecule has 1 saturated heterocycles. The fraction of sp³-hybridized carbons (Fsp3) is 0.714. The monoisotopic (exact) mass is 262 g/mol. The number of carbonyl (C=O) groups is 1. The maximum Gasteiger partial charge on any atom is 0.223 e. The maximum absolute atomic E-state index is 12.2. The van der Waals surface area contributed by atoms with Crippen molar-refractivity contribution in [1.29, 1.82) is 0 Å². The number of nitrogens with zero attached hydrogens (tertiary/aromatic N) is 2. The predicted molar refractivity (Wildman–Crippen MR) is 72.4 cm³/mol. The van der Waals surface area contributed by atoms with Crippen LogP contribution in [0.5, 0.6) is 0 Å². The van der Waals surface area contributed by atoms with E-state index in [2.05, 4.69) is 15.7 Å². The summed E-state index contributed by atoms with van der Waals surface area (Å²) in [6.07, 6.45) is 5.35. The molecule has 1 aromatic heterocycles. The van der Waals surface area contributed by atoms with Crippen LogP contribution in [0.25, 0.3) is 0 Å². The van der Waals surface area contributed by atoms with Crippen LogP contribution in [0.4, 0.5) is 0 Å². The number of hydrogen-bond donors (Lipinski definition) is 2. The van der Waals surface area contributed by atoms with Gasteiger partial charge in [-0.3, -0.25) is 9.48 Å². The topological polar surface area (TPSA) is 59.0 Å². The summed E-state index contributed by atoms with van der Waals surface area (Å²) in [6.45, 7) is 4.70. The molecule has 2 aliphatic rings. The quantitative estimate of drug-likeness (QED) is 0.844. The fourth-order valence-electron chi connectivity index (χ4n) is 3.32. The van der Waals surface area contributed by atoms with Gasteiger partial charge in [-0.1, -0.05) is 0 Å². The van der Waals surface area contributed by atoms with E-state index >= 15 is 0 Å². The van der Waals surface area contributed by atoms with E-state index in [1.54, 1.807) is 4.68 Å².